The third-order valence-corrected chi connectivity index (χ3v) is 6.52. The van der Waals surface area contributed by atoms with Crippen molar-refractivity contribution in [2.45, 2.75) is 32.6 Å². The minimum atomic E-state index is -1.14. The number of hydrogen-bond acceptors (Lipinski definition) is 8. The number of pyridine rings is 1. The van der Waals surface area contributed by atoms with Crippen LogP contribution in [0.3, 0.4) is 0 Å². The van der Waals surface area contributed by atoms with E-state index in [1.54, 1.807) is 17.5 Å². The van der Waals surface area contributed by atoms with Gasteiger partial charge in [-0.1, -0.05) is 13.8 Å². The highest BCUT2D eigenvalue weighted by atomic mass is 32.1. The van der Waals surface area contributed by atoms with Crippen molar-refractivity contribution in [3.63, 3.8) is 0 Å². The van der Waals surface area contributed by atoms with Crippen LogP contribution in [-0.4, -0.2) is 57.0 Å². The van der Waals surface area contributed by atoms with Gasteiger partial charge in [0.2, 0.25) is 0 Å². The van der Waals surface area contributed by atoms with E-state index in [4.69, 9.17) is 20.5 Å². The third-order valence-electron chi connectivity index (χ3n) is 5.59. The van der Waals surface area contributed by atoms with Crippen molar-refractivity contribution in [1.82, 2.24) is 14.4 Å². The SMILES string of the molecule is CC(C)c1csc(CCc2ccn3c(=O)c(C=CC(=O)O)c(N4CCN=C(C=N)C4)nc3c2)n1. The zero-order chi connectivity index (χ0) is 24.2. The summed E-state index contributed by atoms with van der Waals surface area (Å²) in [4.78, 5) is 40.0. The molecule has 0 saturated heterocycles. The average molecular weight is 479 g/mol. The number of nitrogens with zero attached hydrogens (tertiary/aromatic N) is 5. The number of carbonyl (C=O) groups is 1. The molecule has 3 aromatic rings. The van der Waals surface area contributed by atoms with E-state index in [0.717, 1.165) is 35.2 Å². The maximum Gasteiger partial charge on any atom is 0.328 e. The smallest absolute Gasteiger partial charge is 0.328 e. The maximum absolute atomic E-state index is 13.3. The number of rotatable bonds is 8. The van der Waals surface area contributed by atoms with E-state index in [9.17, 15) is 9.59 Å². The number of anilines is 1. The lowest BCUT2D eigenvalue weighted by molar-refractivity contribution is -0.131. The molecule has 176 valence electrons. The Morgan fingerprint density at radius 1 is 1.32 bits per heavy atom. The fraction of sp³-hybridized carbons (Fsp3) is 0.333. The van der Waals surface area contributed by atoms with Crippen LogP contribution in [0.15, 0.2) is 39.6 Å². The van der Waals surface area contributed by atoms with E-state index in [0.29, 0.717) is 42.7 Å². The van der Waals surface area contributed by atoms with Gasteiger partial charge in [-0.05, 0) is 36.1 Å². The largest absolute Gasteiger partial charge is 0.478 e. The van der Waals surface area contributed by atoms with Gasteiger partial charge in [-0.15, -0.1) is 11.3 Å². The van der Waals surface area contributed by atoms with E-state index in [1.807, 2.05) is 17.0 Å². The Kier molecular flexibility index (Phi) is 6.97. The van der Waals surface area contributed by atoms with Gasteiger partial charge in [0.1, 0.15) is 11.5 Å². The predicted octanol–water partition coefficient (Wildman–Crippen LogP) is 3.07. The normalized spacial score (nSPS) is 14.2. The second-order valence-electron chi connectivity index (χ2n) is 8.35. The Morgan fingerprint density at radius 2 is 2.15 bits per heavy atom. The quantitative estimate of drug-likeness (QED) is 0.379. The van der Waals surface area contributed by atoms with Crippen LogP contribution in [0.1, 0.15) is 41.6 Å². The molecule has 0 fully saturated rings. The first-order valence-corrected chi connectivity index (χ1v) is 11.9. The molecule has 0 aromatic carbocycles. The van der Waals surface area contributed by atoms with E-state index in [1.165, 1.54) is 16.7 Å². The molecule has 0 saturated carbocycles. The molecule has 10 heteroatoms. The zero-order valence-corrected chi connectivity index (χ0v) is 19.9. The molecule has 0 unspecified atom stereocenters. The molecule has 4 rings (SSSR count). The Bertz CT molecular complexity index is 1350. The molecule has 1 aliphatic rings. The average Bonchev–Trinajstić information content (AvgIpc) is 3.31. The molecule has 0 atom stereocenters. The van der Waals surface area contributed by atoms with Gasteiger partial charge in [0, 0.05) is 36.8 Å². The summed E-state index contributed by atoms with van der Waals surface area (Å²) in [5, 5.41) is 19.8. The number of aliphatic imine (C=N–C) groups is 1. The summed E-state index contributed by atoms with van der Waals surface area (Å²) in [6, 6.07) is 3.78. The van der Waals surface area contributed by atoms with Gasteiger partial charge in [0.15, 0.2) is 0 Å². The van der Waals surface area contributed by atoms with Gasteiger partial charge >= 0.3 is 5.97 Å². The van der Waals surface area contributed by atoms with Crippen LogP contribution in [0.25, 0.3) is 11.7 Å². The lowest BCUT2D eigenvalue weighted by Crippen LogP contribution is -2.39. The third kappa shape index (κ3) is 5.12. The summed E-state index contributed by atoms with van der Waals surface area (Å²) < 4.78 is 1.43. The second-order valence-corrected chi connectivity index (χ2v) is 9.29. The monoisotopic (exact) mass is 478 g/mol. The van der Waals surface area contributed by atoms with E-state index >= 15 is 0 Å². The first kappa shape index (κ1) is 23.5. The van der Waals surface area contributed by atoms with Crippen molar-refractivity contribution in [3.8, 4) is 0 Å². The maximum atomic E-state index is 13.3. The van der Waals surface area contributed by atoms with E-state index in [-0.39, 0.29) is 11.1 Å². The molecule has 1 aliphatic heterocycles. The molecule has 0 bridgehead atoms. The topological polar surface area (TPSA) is 124 Å². The van der Waals surface area contributed by atoms with Crippen molar-refractivity contribution < 1.29 is 9.90 Å². The molecule has 9 nitrogen and oxygen atoms in total. The Morgan fingerprint density at radius 3 is 2.85 bits per heavy atom. The summed E-state index contributed by atoms with van der Waals surface area (Å²) in [7, 11) is 0. The van der Waals surface area contributed by atoms with E-state index in [2.05, 4.69) is 24.2 Å². The number of carboxylic acids is 1. The summed E-state index contributed by atoms with van der Waals surface area (Å²) >= 11 is 1.66. The van der Waals surface area contributed by atoms with Gasteiger partial charge in [-0.25, -0.2) is 14.8 Å². The highest BCUT2D eigenvalue weighted by molar-refractivity contribution is 7.09. The number of nitrogens with one attached hydrogen (secondary N) is 1. The van der Waals surface area contributed by atoms with Crippen LogP contribution < -0.4 is 10.5 Å². The Hall–Kier alpha value is -3.66. The second kappa shape index (κ2) is 10.1. The summed E-state index contributed by atoms with van der Waals surface area (Å²) in [6.45, 7) is 5.59. The molecule has 0 aliphatic carbocycles. The zero-order valence-electron chi connectivity index (χ0n) is 19.1. The number of hydrogen-bond donors (Lipinski definition) is 2. The van der Waals surface area contributed by atoms with Crippen LogP contribution >= 0.6 is 11.3 Å². The van der Waals surface area contributed by atoms with Crippen molar-refractivity contribution in [1.29, 1.82) is 5.41 Å². The predicted molar refractivity (Wildman–Crippen MR) is 135 cm³/mol. The first-order chi connectivity index (χ1) is 16.4. The molecule has 0 spiro atoms. The molecule has 3 aromatic heterocycles. The van der Waals surface area contributed by atoms with Crippen LogP contribution in [-0.2, 0) is 17.6 Å². The molecule has 4 heterocycles. The molecule has 2 N–H and O–H groups in total. The standard InChI is InChI=1S/C24H26N6O3S/c1-15(2)19-14-34-21(27-19)5-3-16-7-9-30-20(11-16)28-23(18(24(30)33)4-6-22(31)32)29-10-8-26-17(12-25)13-29/h4,6-7,9,11-12,14-15,25H,3,5,8,10,13H2,1-2H3,(H,31,32). The fourth-order valence-electron chi connectivity index (χ4n) is 3.75. The van der Waals surface area contributed by atoms with Crippen molar-refractivity contribution in [2.75, 3.05) is 24.5 Å². The Balaban J connectivity index is 1.70. The minimum Gasteiger partial charge on any atom is -0.478 e. The van der Waals surface area contributed by atoms with Crippen LogP contribution in [0.5, 0.6) is 0 Å². The molecule has 34 heavy (non-hydrogen) atoms. The lowest BCUT2D eigenvalue weighted by Gasteiger charge is -2.27. The van der Waals surface area contributed by atoms with Gasteiger partial charge in [0.25, 0.3) is 5.56 Å². The molecular weight excluding hydrogens is 452 g/mol. The van der Waals surface area contributed by atoms with Crippen LogP contribution in [0.2, 0.25) is 0 Å². The summed E-state index contributed by atoms with van der Waals surface area (Å²) in [5.41, 5.74) is 3.07. The molecule has 0 radical (unpaired) electrons. The number of thiazole rings is 1. The minimum absolute atomic E-state index is 0.197. The molecule has 0 amide bonds. The number of aromatic nitrogens is 3. The number of aryl methyl sites for hydroxylation is 2. The highest BCUT2D eigenvalue weighted by Crippen LogP contribution is 2.21. The number of fused-ring (bicyclic) bond motifs is 1. The highest BCUT2D eigenvalue weighted by Gasteiger charge is 2.21. The fourth-order valence-corrected chi connectivity index (χ4v) is 4.71. The van der Waals surface area contributed by atoms with Crippen molar-refractivity contribution in [2.24, 2.45) is 4.99 Å². The number of carboxylic acid groups (broad SMARTS) is 1. The first-order valence-electron chi connectivity index (χ1n) is 11.0. The number of aliphatic carboxylic acids is 1. The Labute approximate surface area is 200 Å². The lowest BCUT2D eigenvalue weighted by atomic mass is 10.1. The van der Waals surface area contributed by atoms with Gasteiger partial charge in [0.05, 0.1) is 35.1 Å². The van der Waals surface area contributed by atoms with Gasteiger partial charge in [-0.3, -0.25) is 14.2 Å². The molecular formula is C24H26N6O3S. The van der Waals surface area contributed by atoms with Gasteiger partial charge in [-0.2, -0.15) is 0 Å². The van der Waals surface area contributed by atoms with Crippen molar-refractivity contribution >= 4 is 46.8 Å². The summed E-state index contributed by atoms with van der Waals surface area (Å²) in [5.74, 6) is -0.345. The van der Waals surface area contributed by atoms with Crippen LogP contribution in [0.4, 0.5) is 5.82 Å². The summed E-state index contributed by atoms with van der Waals surface area (Å²) in [6.07, 6.45) is 6.67. The van der Waals surface area contributed by atoms with Crippen molar-refractivity contribution in [3.05, 3.63) is 62.0 Å². The van der Waals surface area contributed by atoms with E-state index < -0.39 is 5.97 Å². The van der Waals surface area contributed by atoms with Crippen LogP contribution in [0, 0.1) is 5.41 Å². The van der Waals surface area contributed by atoms with Gasteiger partial charge < -0.3 is 15.4 Å².